The van der Waals surface area contributed by atoms with Crippen molar-refractivity contribution in [3.63, 3.8) is 0 Å². The van der Waals surface area contributed by atoms with Crippen LogP contribution in [0.2, 0.25) is 0 Å². The van der Waals surface area contributed by atoms with Crippen molar-refractivity contribution in [2.24, 2.45) is 0 Å². The van der Waals surface area contributed by atoms with E-state index in [2.05, 4.69) is 36.4 Å². The van der Waals surface area contributed by atoms with Gasteiger partial charge >= 0.3 is 5.97 Å². The molecule has 0 amide bonds. The molecule has 154 valence electrons. The summed E-state index contributed by atoms with van der Waals surface area (Å²) in [6.07, 6.45) is 0.507. The molecule has 4 heteroatoms. The molecule has 0 saturated carbocycles. The number of halogens is 1. The van der Waals surface area contributed by atoms with Crippen molar-refractivity contribution in [1.82, 2.24) is 0 Å². The van der Waals surface area contributed by atoms with Crippen molar-refractivity contribution < 1.29 is 13.9 Å². The predicted molar refractivity (Wildman–Crippen MR) is 127 cm³/mol. The minimum absolute atomic E-state index is 0.366. The van der Waals surface area contributed by atoms with Crippen LogP contribution in [0, 0.1) is 5.82 Å². The molecule has 0 heterocycles. The first kappa shape index (κ1) is 21.0. The first-order valence-corrected chi connectivity index (χ1v) is 12.0. The number of carbonyl (C=O) groups is 1. The second-order valence-electron chi connectivity index (χ2n) is 7.27. The predicted octanol–water partition coefficient (Wildman–Crippen LogP) is 5.11. The van der Waals surface area contributed by atoms with Gasteiger partial charge in [-0.1, -0.05) is 54.6 Å². The molecule has 0 radical (unpaired) electrons. The summed E-state index contributed by atoms with van der Waals surface area (Å²) in [6, 6.07) is 35.2. The lowest BCUT2D eigenvalue weighted by Gasteiger charge is -2.28. The zero-order chi connectivity index (χ0) is 21.7. The van der Waals surface area contributed by atoms with Gasteiger partial charge in [-0.2, -0.15) is 0 Å². The van der Waals surface area contributed by atoms with Gasteiger partial charge in [-0.05, 0) is 54.6 Å². The molecule has 4 aromatic carbocycles. The molecule has 0 atom stereocenters. The number of methoxy groups -OCH3 is 1. The van der Waals surface area contributed by atoms with Crippen molar-refractivity contribution in [3.8, 4) is 0 Å². The van der Waals surface area contributed by atoms with Crippen LogP contribution in [0.3, 0.4) is 0 Å². The van der Waals surface area contributed by atoms with Crippen LogP contribution in [0.4, 0.5) is 4.39 Å². The van der Waals surface area contributed by atoms with Crippen molar-refractivity contribution in [2.75, 3.05) is 7.11 Å². The number of carbonyl (C=O) groups excluding carboxylic acids is 1. The Balaban J connectivity index is 2.03. The Morgan fingerprint density at radius 2 is 1.19 bits per heavy atom. The molecule has 31 heavy (non-hydrogen) atoms. The molecule has 0 aliphatic carbocycles. The minimum Gasteiger partial charge on any atom is -0.465 e. The van der Waals surface area contributed by atoms with E-state index in [9.17, 15) is 9.18 Å². The largest absolute Gasteiger partial charge is 0.465 e. The summed E-state index contributed by atoms with van der Waals surface area (Å²) < 4.78 is 19.4. The van der Waals surface area contributed by atoms with Crippen LogP contribution in [0.5, 0.6) is 0 Å². The molecular weight excluding hydrogens is 406 g/mol. The summed E-state index contributed by atoms with van der Waals surface area (Å²) in [5.74, 6) is -0.822. The second-order valence-corrected chi connectivity index (χ2v) is 10.8. The topological polar surface area (TPSA) is 26.3 Å². The smallest absolute Gasteiger partial charge is 0.338 e. The highest BCUT2D eigenvalue weighted by molar-refractivity contribution is 7.95. The molecule has 0 N–H and O–H groups in total. The van der Waals surface area contributed by atoms with Gasteiger partial charge in [-0.25, -0.2) is 9.18 Å². The van der Waals surface area contributed by atoms with Gasteiger partial charge in [-0.15, -0.1) is 0 Å². The fraction of sp³-hybridized carbons (Fsp3) is 0.0741. The SMILES string of the molecule is COC(=O)c1ccc(F)cc1C[P+](c1ccccc1)(c1ccccc1)c1ccccc1. The van der Waals surface area contributed by atoms with Gasteiger partial charge in [0, 0.05) is 5.56 Å². The van der Waals surface area contributed by atoms with Crippen LogP contribution >= 0.6 is 7.26 Å². The second kappa shape index (κ2) is 9.24. The van der Waals surface area contributed by atoms with Crippen LogP contribution in [-0.4, -0.2) is 13.1 Å². The van der Waals surface area contributed by atoms with Gasteiger partial charge in [0.25, 0.3) is 0 Å². The molecule has 4 aromatic rings. The first-order valence-electron chi connectivity index (χ1n) is 10.1. The Morgan fingerprint density at radius 3 is 1.61 bits per heavy atom. The molecule has 0 spiro atoms. The molecule has 2 nitrogen and oxygen atoms in total. The van der Waals surface area contributed by atoms with Crippen molar-refractivity contribution in [2.45, 2.75) is 6.16 Å². The summed E-state index contributed by atoms with van der Waals surface area (Å²) in [5, 5.41) is 3.52. The van der Waals surface area contributed by atoms with Gasteiger partial charge in [0.1, 0.15) is 29.0 Å². The summed E-state index contributed by atoms with van der Waals surface area (Å²) >= 11 is 0. The third-order valence-electron chi connectivity index (χ3n) is 5.47. The fourth-order valence-electron chi connectivity index (χ4n) is 4.03. The van der Waals surface area contributed by atoms with E-state index in [1.54, 1.807) is 0 Å². The summed E-state index contributed by atoms with van der Waals surface area (Å²) in [5.41, 5.74) is 1.05. The number of hydrogen-bond acceptors (Lipinski definition) is 2. The third-order valence-corrected chi connectivity index (χ3v) is 9.83. The standard InChI is InChI=1S/C27H23FO2P/c1-30-27(29)26-18-17-22(28)19-21(26)20-31(23-11-5-2-6-12-23,24-13-7-3-8-14-24)25-15-9-4-10-16-25/h2-19H,20H2,1H3/q+1. The molecule has 0 aliphatic heterocycles. The summed E-state index contributed by atoms with van der Waals surface area (Å²) in [4.78, 5) is 12.5. The lowest BCUT2D eigenvalue weighted by molar-refractivity contribution is 0.0599. The van der Waals surface area contributed by atoms with E-state index < -0.39 is 13.2 Å². The normalized spacial score (nSPS) is 11.2. The highest BCUT2D eigenvalue weighted by atomic mass is 31.2. The summed E-state index contributed by atoms with van der Waals surface area (Å²) in [7, 11) is -0.896. The van der Waals surface area contributed by atoms with E-state index in [4.69, 9.17) is 4.74 Å². The van der Waals surface area contributed by atoms with Gasteiger partial charge in [-0.3, -0.25) is 0 Å². The maximum Gasteiger partial charge on any atom is 0.338 e. The fourth-order valence-corrected chi connectivity index (χ4v) is 8.28. The van der Waals surface area contributed by atoms with Gasteiger partial charge in [0.2, 0.25) is 0 Å². The van der Waals surface area contributed by atoms with Crippen molar-refractivity contribution >= 4 is 29.1 Å². The molecule has 0 aromatic heterocycles. The monoisotopic (exact) mass is 429 g/mol. The number of benzene rings is 4. The minimum atomic E-state index is -2.25. The van der Waals surface area contributed by atoms with Crippen LogP contribution in [0.1, 0.15) is 15.9 Å². The van der Waals surface area contributed by atoms with Gasteiger partial charge in [0.05, 0.1) is 18.8 Å². The van der Waals surface area contributed by atoms with E-state index in [-0.39, 0.29) is 5.82 Å². The molecule has 4 rings (SSSR count). The Labute approximate surface area is 182 Å². The number of rotatable bonds is 6. The Bertz CT molecular complexity index is 1070. The van der Waals surface area contributed by atoms with Crippen molar-refractivity contribution in [3.05, 3.63) is 126 Å². The van der Waals surface area contributed by atoms with Crippen LogP contribution in [0.25, 0.3) is 0 Å². The number of hydrogen-bond donors (Lipinski definition) is 0. The molecule has 0 fully saturated rings. The Hall–Kier alpha value is -3.29. The zero-order valence-corrected chi connectivity index (χ0v) is 18.1. The molecule has 0 saturated heterocycles. The van der Waals surface area contributed by atoms with Crippen LogP contribution < -0.4 is 15.9 Å². The van der Waals surface area contributed by atoms with Crippen LogP contribution in [0.15, 0.2) is 109 Å². The van der Waals surface area contributed by atoms with E-state index >= 15 is 0 Å². The highest BCUT2D eigenvalue weighted by Crippen LogP contribution is 2.58. The highest BCUT2D eigenvalue weighted by Gasteiger charge is 2.46. The molecule has 0 aliphatic rings. The maximum absolute atomic E-state index is 14.4. The van der Waals surface area contributed by atoms with Gasteiger partial charge < -0.3 is 4.74 Å². The van der Waals surface area contributed by atoms with Crippen LogP contribution in [-0.2, 0) is 10.9 Å². The average Bonchev–Trinajstić information content (AvgIpc) is 2.84. The summed E-state index contributed by atoms with van der Waals surface area (Å²) in [6.45, 7) is 0. The number of ether oxygens (including phenoxy) is 1. The lowest BCUT2D eigenvalue weighted by Crippen LogP contribution is -2.32. The zero-order valence-electron chi connectivity index (χ0n) is 17.2. The van der Waals surface area contributed by atoms with E-state index in [1.807, 2.05) is 54.6 Å². The van der Waals surface area contributed by atoms with Crippen molar-refractivity contribution in [1.29, 1.82) is 0 Å². The first-order chi connectivity index (χ1) is 15.1. The lowest BCUT2D eigenvalue weighted by atomic mass is 10.1. The average molecular weight is 429 g/mol. The third kappa shape index (κ3) is 4.15. The van der Waals surface area contributed by atoms with E-state index in [0.717, 1.165) is 0 Å². The molecular formula is C27H23FO2P+. The number of esters is 1. The molecule has 0 bridgehead atoms. The Morgan fingerprint density at radius 1 is 0.742 bits per heavy atom. The van der Waals surface area contributed by atoms with Gasteiger partial charge in [0.15, 0.2) is 0 Å². The Kier molecular flexibility index (Phi) is 6.25. The quantitative estimate of drug-likeness (QED) is 0.315. The van der Waals surface area contributed by atoms with E-state index in [1.165, 1.54) is 41.2 Å². The maximum atomic E-state index is 14.4. The van der Waals surface area contributed by atoms with E-state index in [0.29, 0.717) is 17.3 Å². The molecule has 0 unspecified atom stereocenters.